The summed E-state index contributed by atoms with van der Waals surface area (Å²) in [6, 6.07) is 18.8. The number of benzene rings is 2. The highest BCUT2D eigenvalue weighted by atomic mass is 16.5. The molecule has 2 rings (SSSR count). The van der Waals surface area contributed by atoms with Crippen molar-refractivity contribution < 1.29 is 15.2 Å². The van der Waals surface area contributed by atoms with Crippen molar-refractivity contribution in [1.82, 2.24) is 0 Å². The summed E-state index contributed by atoms with van der Waals surface area (Å²) in [6.07, 6.45) is 1.76. The number of aliphatic hydroxyl groups is 1. The number of nitrogens with two attached hydrogens (primary N) is 1. The Morgan fingerprint density at radius 3 is 2.39 bits per heavy atom. The van der Waals surface area contributed by atoms with Crippen molar-refractivity contribution >= 4 is 0 Å². The summed E-state index contributed by atoms with van der Waals surface area (Å²) in [7, 11) is 0. The van der Waals surface area contributed by atoms with Crippen molar-refractivity contribution in [3.63, 3.8) is 0 Å². The van der Waals surface area contributed by atoms with Gasteiger partial charge in [-0.2, -0.15) is 0 Å². The van der Waals surface area contributed by atoms with Crippen LogP contribution in [0.5, 0.6) is 5.75 Å². The minimum absolute atomic E-state index is 0.325. The first-order valence-corrected chi connectivity index (χ1v) is 8.47. The number of aliphatic hydroxyl groups excluding tert-OH is 1. The number of hydrogen-bond donors (Lipinski definition) is 2. The highest BCUT2D eigenvalue weighted by Crippen LogP contribution is 2.13. The summed E-state index contributed by atoms with van der Waals surface area (Å²) in [6.45, 7) is 5.28. The maximum atomic E-state index is 10.1. The third-order valence-corrected chi connectivity index (χ3v) is 3.99. The average Bonchev–Trinajstić information content (AvgIpc) is 2.60. The van der Waals surface area contributed by atoms with Crippen LogP contribution < -0.4 is 10.1 Å². The molecule has 0 aliphatic carbocycles. The molecule has 0 saturated heterocycles. The van der Waals surface area contributed by atoms with Crippen LogP contribution in [0.25, 0.3) is 0 Å². The van der Waals surface area contributed by atoms with Gasteiger partial charge in [-0.15, -0.1) is 0 Å². The van der Waals surface area contributed by atoms with Gasteiger partial charge in [-0.25, -0.2) is 0 Å². The fraction of sp³-hybridized carbons (Fsp3) is 0.400. The Balaban J connectivity index is 1.71. The second-order valence-corrected chi connectivity index (χ2v) is 6.03. The third kappa shape index (κ3) is 6.05. The quantitative estimate of drug-likeness (QED) is 0.747. The molecule has 124 valence electrons. The molecule has 0 fully saturated rings. The molecule has 0 heterocycles. The van der Waals surface area contributed by atoms with Gasteiger partial charge in [-0.05, 0) is 31.0 Å². The zero-order chi connectivity index (χ0) is 16.5. The van der Waals surface area contributed by atoms with Gasteiger partial charge in [0.1, 0.15) is 31.0 Å². The minimum Gasteiger partial charge on any atom is -0.491 e. The molecule has 0 saturated carbocycles. The van der Waals surface area contributed by atoms with Gasteiger partial charge in [-0.3, -0.25) is 0 Å². The van der Waals surface area contributed by atoms with Crippen molar-refractivity contribution in [3.05, 3.63) is 65.7 Å². The molecule has 0 aliphatic heterocycles. The maximum absolute atomic E-state index is 10.1. The Morgan fingerprint density at radius 2 is 1.74 bits per heavy atom. The number of hydrogen-bond acceptors (Lipinski definition) is 2. The van der Waals surface area contributed by atoms with Gasteiger partial charge in [-0.1, -0.05) is 55.8 Å². The van der Waals surface area contributed by atoms with Crippen molar-refractivity contribution in [2.24, 2.45) is 0 Å². The van der Waals surface area contributed by atoms with Crippen molar-refractivity contribution in [2.75, 3.05) is 13.2 Å². The van der Waals surface area contributed by atoms with Gasteiger partial charge < -0.3 is 15.2 Å². The minimum atomic E-state index is -0.475. The topological polar surface area (TPSA) is 46.1 Å². The van der Waals surface area contributed by atoms with Gasteiger partial charge in [0, 0.05) is 5.56 Å². The second kappa shape index (κ2) is 9.33. The summed E-state index contributed by atoms with van der Waals surface area (Å²) in [5.74, 6) is 0.819. The summed E-state index contributed by atoms with van der Waals surface area (Å²) >= 11 is 0. The number of ether oxygens (including phenoxy) is 1. The van der Waals surface area contributed by atoms with E-state index in [2.05, 4.69) is 43.4 Å². The normalized spacial score (nSPS) is 13.5. The van der Waals surface area contributed by atoms with Crippen LogP contribution in [0.3, 0.4) is 0 Å². The average molecular weight is 314 g/mol. The zero-order valence-corrected chi connectivity index (χ0v) is 14.1. The summed E-state index contributed by atoms with van der Waals surface area (Å²) in [5.41, 5.74) is 2.59. The molecular weight excluding hydrogens is 286 g/mol. The molecule has 0 unspecified atom stereocenters. The first-order valence-electron chi connectivity index (χ1n) is 8.47. The molecule has 0 aliphatic rings. The van der Waals surface area contributed by atoms with E-state index in [1.165, 1.54) is 11.1 Å². The van der Waals surface area contributed by atoms with Crippen LogP contribution in [0, 0.1) is 0 Å². The maximum Gasteiger partial charge on any atom is 0.137 e. The molecule has 0 aromatic heterocycles. The Hall–Kier alpha value is -1.84. The van der Waals surface area contributed by atoms with Crippen molar-refractivity contribution in [3.8, 4) is 5.75 Å². The van der Waals surface area contributed by atoms with E-state index in [1.807, 2.05) is 30.3 Å². The molecule has 2 aromatic rings. The van der Waals surface area contributed by atoms with Gasteiger partial charge >= 0.3 is 0 Å². The Labute approximate surface area is 139 Å². The van der Waals surface area contributed by atoms with Crippen LogP contribution in [0.4, 0.5) is 0 Å². The van der Waals surface area contributed by atoms with Crippen LogP contribution in [-0.4, -0.2) is 24.4 Å². The van der Waals surface area contributed by atoms with E-state index in [0.717, 1.165) is 18.6 Å². The zero-order valence-electron chi connectivity index (χ0n) is 14.1. The van der Waals surface area contributed by atoms with Crippen molar-refractivity contribution in [1.29, 1.82) is 0 Å². The predicted molar refractivity (Wildman–Crippen MR) is 93.6 cm³/mol. The van der Waals surface area contributed by atoms with Gasteiger partial charge in [0.2, 0.25) is 0 Å². The van der Waals surface area contributed by atoms with Crippen LogP contribution >= 0.6 is 0 Å². The fourth-order valence-corrected chi connectivity index (χ4v) is 2.56. The molecule has 2 atom stereocenters. The first-order chi connectivity index (χ1) is 11.2. The van der Waals surface area contributed by atoms with Crippen LogP contribution in [0.1, 0.15) is 37.4 Å². The molecule has 3 N–H and O–H groups in total. The highest BCUT2D eigenvalue weighted by molar-refractivity contribution is 5.27. The predicted octanol–water partition coefficient (Wildman–Crippen LogP) is 2.70. The monoisotopic (exact) mass is 314 g/mol. The van der Waals surface area contributed by atoms with E-state index in [0.29, 0.717) is 19.2 Å². The standard InChI is InChI=1S/C20H27NO2/c1-3-7-17-10-12-20(13-11-17)23-15-19(22)14-21-16(2)18-8-5-4-6-9-18/h4-6,8-13,16,19,21-22H,3,7,14-15H2,1-2H3/p+1/t16-,19-/m0/s1. The largest absolute Gasteiger partial charge is 0.491 e. The molecule has 3 heteroatoms. The fourth-order valence-electron chi connectivity index (χ4n) is 2.56. The van der Waals surface area contributed by atoms with E-state index < -0.39 is 6.10 Å². The lowest BCUT2D eigenvalue weighted by Crippen LogP contribution is -2.87. The Kier molecular flexibility index (Phi) is 7.11. The lowest BCUT2D eigenvalue weighted by Gasteiger charge is -2.15. The van der Waals surface area contributed by atoms with Gasteiger partial charge in [0.05, 0.1) is 0 Å². The van der Waals surface area contributed by atoms with E-state index in [-0.39, 0.29) is 0 Å². The van der Waals surface area contributed by atoms with E-state index in [4.69, 9.17) is 4.74 Å². The lowest BCUT2D eigenvalue weighted by molar-refractivity contribution is -0.698. The SMILES string of the molecule is CCCc1ccc(OC[C@@H](O)C[NH2+][C@@H](C)c2ccccc2)cc1. The lowest BCUT2D eigenvalue weighted by atomic mass is 10.1. The number of rotatable bonds is 9. The van der Waals surface area contributed by atoms with Gasteiger partial charge in [0.25, 0.3) is 0 Å². The van der Waals surface area contributed by atoms with Crippen LogP contribution in [0.15, 0.2) is 54.6 Å². The summed E-state index contributed by atoms with van der Waals surface area (Å²) < 4.78 is 5.67. The Morgan fingerprint density at radius 1 is 1.04 bits per heavy atom. The molecular formula is C20H28NO2+. The molecule has 23 heavy (non-hydrogen) atoms. The first kappa shape index (κ1) is 17.5. The second-order valence-electron chi connectivity index (χ2n) is 6.03. The summed E-state index contributed by atoms with van der Waals surface area (Å²) in [5, 5.41) is 12.2. The van der Waals surface area contributed by atoms with Crippen LogP contribution in [-0.2, 0) is 6.42 Å². The van der Waals surface area contributed by atoms with Crippen LogP contribution in [0.2, 0.25) is 0 Å². The molecule has 0 amide bonds. The van der Waals surface area contributed by atoms with E-state index in [1.54, 1.807) is 0 Å². The van der Waals surface area contributed by atoms with Gasteiger partial charge in [0.15, 0.2) is 0 Å². The highest BCUT2D eigenvalue weighted by Gasteiger charge is 2.12. The smallest absolute Gasteiger partial charge is 0.137 e. The van der Waals surface area contributed by atoms with E-state index >= 15 is 0 Å². The molecule has 0 radical (unpaired) electrons. The number of quaternary nitrogens is 1. The molecule has 3 nitrogen and oxygen atoms in total. The third-order valence-electron chi connectivity index (χ3n) is 3.99. The molecule has 2 aromatic carbocycles. The molecule has 0 spiro atoms. The van der Waals surface area contributed by atoms with E-state index in [9.17, 15) is 5.11 Å². The summed E-state index contributed by atoms with van der Waals surface area (Å²) in [4.78, 5) is 0. The Bertz CT molecular complexity index is 554. The van der Waals surface area contributed by atoms with Crippen molar-refractivity contribution in [2.45, 2.75) is 38.8 Å². The number of aryl methyl sites for hydroxylation is 1. The molecule has 0 bridgehead atoms.